The second kappa shape index (κ2) is 8.17. The predicted octanol–water partition coefficient (Wildman–Crippen LogP) is 3.60. The molecular formula is C21H22N4O3S2. The van der Waals surface area contributed by atoms with Crippen LogP contribution in [0.15, 0.2) is 58.8 Å². The standard InChI is InChI=1S/C21H22N4O3S2/c1-15-19(30(22,27)28)29-20(23-15)25-12-6-11-24(21(25)26)14-16-7-5-10-18(13-16)17-8-3-2-4-9-17/h2-5,7-10,13H,6,11-12,14H2,1H3,(H2,22,27,28). The minimum absolute atomic E-state index is 0.00187. The number of rotatable bonds is 5. The molecule has 1 aliphatic rings. The molecule has 0 unspecified atom stereocenters. The molecule has 4 rings (SSSR count). The van der Waals surface area contributed by atoms with Gasteiger partial charge in [0.1, 0.15) is 0 Å². The minimum Gasteiger partial charge on any atom is -0.320 e. The molecule has 1 saturated heterocycles. The summed E-state index contributed by atoms with van der Waals surface area (Å²) in [5.74, 6) is 0. The van der Waals surface area contributed by atoms with Gasteiger partial charge in [-0.2, -0.15) is 0 Å². The van der Waals surface area contributed by atoms with Gasteiger partial charge in [0.05, 0.1) is 5.69 Å². The van der Waals surface area contributed by atoms with Crippen LogP contribution in [0, 0.1) is 6.92 Å². The Bertz CT molecular complexity index is 1180. The van der Waals surface area contributed by atoms with Crippen molar-refractivity contribution in [3.63, 3.8) is 0 Å². The van der Waals surface area contributed by atoms with Crippen LogP contribution >= 0.6 is 11.3 Å². The second-order valence-corrected chi connectivity index (χ2v) is 9.92. The molecule has 1 fully saturated rings. The minimum atomic E-state index is -3.86. The third-order valence-corrected chi connectivity index (χ3v) is 7.68. The molecule has 2 heterocycles. The summed E-state index contributed by atoms with van der Waals surface area (Å²) in [4.78, 5) is 20.7. The fraction of sp³-hybridized carbons (Fsp3) is 0.238. The van der Waals surface area contributed by atoms with E-state index in [1.807, 2.05) is 30.3 Å². The first-order valence-electron chi connectivity index (χ1n) is 9.54. The van der Waals surface area contributed by atoms with Crippen LogP contribution in [0.5, 0.6) is 0 Å². The Hall–Kier alpha value is -2.75. The van der Waals surface area contributed by atoms with E-state index in [0.29, 0.717) is 30.5 Å². The molecule has 0 aliphatic carbocycles. The lowest BCUT2D eigenvalue weighted by atomic mass is 10.0. The van der Waals surface area contributed by atoms with Crippen LogP contribution in [0.25, 0.3) is 11.1 Å². The number of hydrogen-bond donors (Lipinski definition) is 1. The van der Waals surface area contributed by atoms with Gasteiger partial charge in [0, 0.05) is 19.6 Å². The first-order valence-corrected chi connectivity index (χ1v) is 11.9. The van der Waals surface area contributed by atoms with E-state index >= 15 is 0 Å². The summed E-state index contributed by atoms with van der Waals surface area (Å²) in [7, 11) is -3.86. The Morgan fingerprint density at radius 2 is 1.80 bits per heavy atom. The van der Waals surface area contributed by atoms with Gasteiger partial charge in [0.2, 0.25) is 10.0 Å². The molecule has 9 heteroatoms. The highest BCUT2D eigenvalue weighted by molar-refractivity contribution is 7.91. The number of sulfonamides is 1. The number of nitrogens with zero attached hydrogens (tertiary/aromatic N) is 3. The summed E-state index contributed by atoms with van der Waals surface area (Å²) in [5, 5.41) is 5.62. The first-order chi connectivity index (χ1) is 14.3. The van der Waals surface area contributed by atoms with Gasteiger partial charge in [-0.05, 0) is 36.1 Å². The molecule has 156 valence electrons. The van der Waals surface area contributed by atoms with Gasteiger partial charge < -0.3 is 4.90 Å². The van der Waals surface area contributed by atoms with Crippen molar-refractivity contribution in [3.8, 4) is 11.1 Å². The molecule has 2 N–H and O–H groups in total. The number of aromatic nitrogens is 1. The highest BCUT2D eigenvalue weighted by atomic mass is 32.2. The fourth-order valence-corrected chi connectivity index (χ4v) is 5.52. The summed E-state index contributed by atoms with van der Waals surface area (Å²) in [6.45, 7) is 3.19. The lowest BCUT2D eigenvalue weighted by molar-refractivity contribution is 0.192. The monoisotopic (exact) mass is 442 g/mol. The maximum atomic E-state index is 13.1. The Morgan fingerprint density at radius 3 is 2.50 bits per heavy atom. The number of amides is 2. The third kappa shape index (κ3) is 4.23. The lowest BCUT2D eigenvalue weighted by Crippen LogP contribution is -2.49. The number of thiazole rings is 1. The van der Waals surface area contributed by atoms with E-state index in [-0.39, 0.29) is 10.2 Å². The highest BCUT2D eigenvalue weighted by Gasteiger charge is 2.30. The summed E-state index contributed by atoms with van der Waals surface area (Å²) in [6, 6.07) is 18.1. The zero-order chi connectivity index (χ0) is 21.3. The molecule has 1 aromatic heterocycles. The SMILES string of the molecule is Cc1nc(N2CCCN(Cc3cccc(-c4ccccc4)c3)C2=O)sc1S(N)(=O)=O. The topological polar surface area (TPSA) is 96.6 Å². The normalized spacial score (nSPS) is 14.9. The second-order valence-electron chi connectivity index (χ2n) is 7.19. The number of carbonyl (C=O) groups excluding carboxylic acids is 1. The van der Waals surface area contributed by atoms with Crippen LogP contribution in [0.2, 0.25) is 0 Å². The molecule has 30 heavy (non-hydrogen) atoms. The first kappa shape index (κ1) is 20.5. The molecule has 0 bridgehead atoms. The van der Waals surface area contributed by atoms with Crippen LogP contribution in [0.4, 0.5) is 9.93 Å². The van der Waals surface area contributed by atoms with Gasteiger partial charge in [-0.1, -0.05) is 59.9 Å². The Morgan fingerprint density at radius 1 is 1.07 bits per heavy atom. The fourth-order valence-electron chi connectivity index (χ4n) is 3.55. The van der Waals surface area contributed by atoms with Crippen molar-refractivity contribution in [2.24, 2.45) is 5.14 Å². The largest absolute Gasteiger partial charge is 0.326 e. The van der Waals surface area contributed by atoms with E-state index in [1.54, 1.807) is 11.8 Å². The number of nitrogens with two attached hydrogens (primary N) is 1. The van der Waals surface area contributed by atoms with Crippen LogP contribution in [0.1, 0.15) is 17.7 Å². The van der Waals surface area contributed by atoms with Gasteiger partial charge >= 0.3 is 6.03 Å². The van der Waals surface area contributed by atoms with Crippen molar-refractivity contribution in [1.82, 2.24) is 9.88 Å². The number of urea groups is 1. The number of anilines is 1. The molecule has 3 aromatic rings. The maximum Gasteiger partial charge on any atom is 0.326 e. The van der Waals surface area contributed by atoms with Crippen molar-refractivity contribution in [2.45, 2.75) is 24.1 Å². The maximum absolute atomic E-state index is 13.1. The van der Waals surface area contributed by atoms with Gasteiger partial charge in [-0.25, -0.2) is 23.3 Å². The third-order valence-electron chi connectivity index (χ3n) is 4.95. The number of primary sulfonamides is 1. The number of aryl methyl sites for hydroxylation is 1. The van der Waals surface area contributed by atoms with Gasteiger partial charge in [-0.15, -0.1) is 0 Å². The van der Waals surface area contributed by atoms with Gasteiger partial charge in [-0.3, -0.25) is 4.90 Å². The van der Waals surface area contributed by atoms with E-state index in [4.69, 9.17) is 5.14 Å². The summed E-state index contributed by atoms with van der Waals surface area (Å²) in [6.07, 6.45) is 0.771. The summed E-state index contributed by atoms with van der Waals surface area (Å²) >= 11 is 0.939. The zero-order valence-electron chi connectivity index (χ0n) is 16.5. The number of carbonyl (C=O) groups is 1. The van der Waals surface area contributed by atoms with Crippen LogP contribution < -0.4 is 10.0 Å². The molecule has 0 atom stereocenters. The molecular weight excluding hydrogens is 420 g/mol. The Balaban J connectivity index is 1.55. The average Bonchev–Trinajstić information content (AvgIpc) is 3.12. The summed E-state index contributed by atoms with van der Waals surface area (Å²) < 4.78 is 23.4. The van der Waals surface area contributed by atoms with E-state index < -0.39 is 10.0 Å². The van der Waals surface area contributed by atoms with E-state index in [2.05, 4.69) is 29.2 Å². The smallest absolute Gasteiger partial charge is 0.320 e. The number of benzene rings is 2. The van der Waals surface area contributed by atoms with E-state index in [9.17, 15) is 13.2 Å². The molecule has 0 radical (unpaired) electrons. The lowest BCUT2D eigenvalue weighted by Gasteiger charge is -2.34. The van der Waals surface area contributed by atoms with Gasteiger partial charge in [0.15, 0.2) is 9.34 Å². The van der Waals surface area contributed by atoms with Crippen molar-refractivity contribution in [2.75, 3.05) is 18.0 Å². The average molecular weight is 443 g/mol. The van der Waals surface area contributed by atoms with E-state index in [1.165, 1.54) is 4.90 Å². The van der Waals surface area contributed by atoms with E-state index in [0.717, 1.165) is 34.4 Å². The molecule has 0 saturated carbocycles. The van der Waals surface area contributed by atoms with Crippen molar-refractivity contribution in [1.29, 1.82) is 0 Å². The molecule has 0 spiro atoms. The van der Waals surface area contributed by atoms with Crippen molar-refractivity contribution in [3.05, 3.63) is 65.9 Å². The zero-order valence-corrected chi connectivity index (χ0v) is 18.1. The van der Waals surface area contributed by atoms with Crippen molar-refractivity contribution < 1.29 is 13.2 Å². The van der Waals surface area contributed by atoms with Crippen LogP contribution in [-0.2, 0) is 16.6 Å². The highest BCUT2D eigenvalue weighted by Crippen LogP contribution is 2.31. The Labute approximate surface area is 179 Å². The quantitative estimate of drug-likeness (QED) is 0.653. The predicted molar refractivity (Wildman–Crippen MR) is 118 cm³/mol. The Kier molecular flexibility index (Phi) is 5.59. The number of hydrogen-bond acceptors (Lipinski definition) is 5. The summed E-state index contributed by atoms with van der Waals surface area (Å²) in [5.41, 5.74) is 3.58. The molecule has 7 nitrogen and oxygen atoms in total. The molecule has 1 aliphatic heterocycles. The van der Waals surface area contributed by atoms with Gasteiger partial charge in [0.25, 0.3) is 0 Å². The van der Waals surface area contributed by atoms with Crippen LogP contribution in [-0.4, -0.2) is 37.4 Å². The molecule has 2 aromatic carbocycles. The van der Waals surface area contributed by atoms with Crippen LogP contribution in [0.3, 0.4) is 0 Å². The van der Waals surface area contributed by atoms with Crippen molar-refractivity contribution >= 4 is 32.5 Å². The molecule has 2 amide bonds.